The fraction of sp³-hybridized carbons (Fsp3) is 0.800. The molecule has 0 saturated carbocycles. The Morgan fingerprint density at radius 1 is 1.38 bits per heavy atom. The van der Waals surface area contributed by atoms with Crippen LogP contribution >= 0.6 is 0 Å². The van der Waals surface area contributed by atoms with E-state index in [1.807, 2.05) is 13.8 Å². The van der Waals surface area contributed by atoms with Crippen molar-refractivity contribution in [3.05, 3.63) is 0 Å². The lowest BCUT2D eigenvalue weighted by Crippen LogP contribution is -2.48. The Kier molecular flexibility index (Phi) is 6.67. The van der Waals surface area contributed by atoms with Crippen molar-refractivity contribution in [3.8, 4) is 0 Å². The van der Waals surface area contributed by atoms with Crippen LogP contribution in [-0.4, -0.2) is 40.8 Å². The summed E-state index contributed by atoms with van der Waals surface area (Å²) >= 11 is 0. The van der Waals surface area contributed by atoms with Crippen molar-refractivity contribution in [2.45, 2.75) is 38.8 Å². The zero-order valence-corrected chi connectivity index (χ0v) is 9.64. The van der Waals surface area contributed by atoms with Gasteiger partial charge < -0.3 is 21.3 Å². The Morgan fingerprint density at radius 2 is 1.94 bits per heavy atom. The van der Waals surface area contributed by atoms with E-state index in [1.165, 1.54) is 0 Å². The molecule has 16 heavy (non-hydrogen) atoms. The van der Waals surface area contributed by atoms with Crippen LogP contribution in [0.15, 0.2) is 0 Å². The van der Waals surface area contributed by atoms with Gasteiger partial charge in [-0.15, -0.1) is 0 Å². The summed E-state index contributed by atoms with van der Waals surface area (Å²) in [5.41, 5.74) is 5.51. The van der Waals surface area contributed by atoms with Crippen LogP contribution in [0.25, 0.3) is 0 Å². The first-order valence-corrected chi connectivity index (χ1v) is 5.27. The summed E-state index contributed by atoms with van der Waals surface area (Å²) in [6.07, 6.45) is -0.0442. The zero-order chi connectivity index (χ0) is 12.7. The number of carboxylic acids is 1. The van der Waals surface area contributed by atoms with Gasteiger partial charge in [-0.2, -0.15) is 0 Å². The summed E-state index contributed by atoms with van der Waals surface area (Å²) in [6, 6.07) is -1.19. The van der Waals surface area contributed by atoms with Gasteiger partial charge in [0.1, 0.15) is 0 Å². The van der Waals surface area contributed by atoms with E-state index in [0.717, 1.165) is 0 Å². The Bertz CT molecular complexity index is 243. The largest absolute Gasteiger partial charge is 0.481 e. The van der Waals surface area contributed by atoms with E-state index >= 15 is 0 Å². The van der Waals surface area contributed by atoms with Crippen LogP contribution in [0.2, 0.25) is 0 Å². The molecule has 0 fully saturated rings. The Labute approximate surface area is 94.8 Å². The highest BCUT2D eigenvalue weighted by Gasteiger charge is 2.20. The lowest BCUT2D eigenvalue weighted by Gasteiger charge is -2.21. The molecule has 94 valence electrons. The predicted octanol–water partition coefficient (Wildman–Crippen LogP) is -0.688. The zero-order valence-electron chi connectivity index (χ0n) is 9.64. The molecule has 6 heteroatoms. The Morgan fingerprint density at radius 3 is 2.31 bits per heavy atom. The molecule has 0 aliphatic rings. The van der Waals surface area contributed by atoms with Crippen LogP contribution in [0.1, 0.15) is 26.7 Å². The van der Waals surface area contributed by atoms with Gasteiger partial charge in [0, 0.05) is 6.42 Å². The molecular weight excluding hydrogens is 212 g/mol. The molecule has 0 bridgehead atoms. The fourth-order valence-electron chi connectivity index (χ4n) is 1.12. The van der Waals surface area contributed by atoms with Crippen LogP contribution < -0.4 is 11.1 Å². The highest BCUT2D eigenvalue weighted by atomic mass is 16.4. The molecule has 0 aromatic heterocycles. The van der Waals surface area contributed by atoms with Crippen molar-refractivity contribution < 1.29 is 19.8 Å². The van der Waals surface area contributed by atoms with Gasteiger partial charge in [-0.3, -0.25) is 9.59 Å². The van der Waals surface area contributed by atoms with Gasteiger partial charge in [0.15, 0.2) is 0 Å². The number of carbonyl (C=O) groups excluding carboxylic acids is 1. The topological polar surface area (TPSA) is 113 Å². The van der Waals surface area contributed by atoms with Gasteiger partial charge in [-0.1, -0.05) is 13.8 Å². The van der Waals surface area contributed by atoms with E-state index in [1.54, 1.807) is 0 Å². The van der Waals surface area contributed by atoms with Crippen molar-refractivity contribution in [1.29, 1.82) is 0 Å². The minimum absolute atomic E-state index is 0.0947. The van der Waals surface area contributed by atoms with Gasteiger partial charge in [-0.25, -0.2) is 0 Å². The number of amides is 1. The SMILES string of the molecule is CC(C)[C@@H](CO)NC(=O)C(N)CCC(=O)O. The molecule has 0 aliphatic carbocycles. The van der Waals surface area contributed by atoms with Crippen molar-refractivity contribution in [2.75, 3.05) is 6.61 Å². The third-order valence-electron chi connectivity index (χ3n) is 2.34. The molecular formula is C10H20N2O4. The highest BCUT2D eigenvalue weighted by Crippen LogP contribution is 2.02. The monoisotopic (exact) mass is 232 g/mol. The number of nitrogens with one attached hydrogen (secondary N) is 1. The van der Waals surface area contributed by atoms with Gasteiger partial charge >= 0.3 is 5.97 Å². The molecule has 0 aromatic carbocycles. The molecule has 0 heterocycles. The smallest absolute Gasteiger partial charge is 0.303 e. The van der Waals surface area contributed by atoms with E-state index in [0.29, 0.717) is 0 Å². The van der Waals surface area contributed by atoms with E-state index in [-0.39, 0.29) is 31.4 Å². The van der Waals surface area contributed by atoms with Crippen LogP contribution in [0.4, 0.5) is 0 Å². The van der Waals surface area contributed by atoms with E-state index < -0.39 is 17.9 Å². The summed E-state index contributed by atoms with van der Waals surface area (Å²) in [7, 11) is 0. The molecule has 0 spiro atoms. The first-order valence-electron chi connectivity index (χ1n) is 5.27. The predicted molar refractivity (Wildman–Crippen MR) is 58.7 cm³/mol. The average Bonchev–Trinajstić information content (AvgIpc) is 2.21. The number of rotatable bonds is 7. The minimum Gasteiger partial charge on any atom is -0.481 e. The lowest BCUT2D eigenvalue weighted by atomic mass is 10.0. The van der Waals surface area contributed by atoms with Crippen molar-refractivity contribution in [2.24, 2.45) is 11.7 Å². The number of nitrogens with two attached hydrogens (primary N) is 1. The van der Waals surface area contributed by atoms with Gasteiger partial charge in [0.25, 0.3) is 0 Å². The maximum atomic E-state index is 11.5. The fourth-order valence-corrected chi connectivity index (χ4v) is 1.12. The van der Waals surface area contributed by atoms with Crippen molar-refractivity contribution in [3.63, 3.8) is 0 Å². The molecule has 0 saturated heterocycles. The highest BCUT2D eigenvalue weighted by molar-refractivity contribution is 5.82. The third-order valence-corrected chi connectivity index (χ3v) is 2.34. The Balaban J connectivity index is 4.08. The van der Waals surface area contributed by atoms with Crippen LogP contribution in [0, 0.1) is 5.92 Å². The van der Waals surface area contributed by atoms with Crippen LogP contribution in [-0.2, 0) is 9.59 Å². The van der Waals surface area contributed by atoms with E-state index in [2.05, 4.69) is 5.32 Å². The number of hydrogen-bond donors (Lipinski definition) is 4. The lowest BCUT2D eigenvalue weighted by molar-refractivity contribution is -0.137. The number of aliphatic carboxylic acids is 1. The second-order valence-corrected chi connectivity index (χ2v) is 4.08. The van der Waals surface area contributed by atoms with Crippen LogP contribution in [0.5, 0.6) is 0 Å². The summed E-state index contributed by atoms with van der Waals surface area (Å²) < 4.78 is 0. The standard InChI is InChI=1S/C10H20N2O4/c1-6(2)8(5-13)12-10(16)7(11)3-4-9(14)15/h6-8,13H,3-5,11H2,1-2H3,(H,12,16)(H,14,15)/t7?,8-/m1/s1. The number of aliphatic hydroxyl groups excluding tert-OH is 1. The molecule has 0 rings (SSSR count). The van der Waals surface area contributed by atoms with Gasteiger partial charge in [0.2, 0.25) is 5.91 Å². The molecule has 6 nitrogen and oxygen atoms in total. The third kappa shape index (κ3) is 5.67. The maximum Gasteiger partial charge on any atom is 0.303 e. The second kappa shape index (κ2) is 7.19. The van der Waals surface area contributed by atoms with E-state index in [4.69, 9.17) is 15.9 Å². The summed E-state index contributed by atoms with van der Waals surface area (Å²) in [5.74, 6) is -1.31. The van der Waals surface area contributed by atoms with E-state index in [9.17, 15) is 9.59 Å². The van der Waals surface area contributed by atoms with Gasteiger partial charge in [-0.05, 0) is 12.3 Å². The molecule has 0 aliphatic heterocycles. The maximum absolute atomic E-state index is 11.5. The molecule has 0 aromatic rings. The molecule has 1 amide bonds. The molecule has 1 unspecified atom stereocenters. The Hall–Kier alpha value is -1.14. The number of carboxylic acid groups (broad SMARTS) is 1. The number of hydrogen-bond acceptors (Lipinski definition) is 4. The first kappa shape index (κ1) is 14.9. The summed E-state index contributed by atoms with van der Waals surface area (Å²) in [4.78, 5) is 21.8. The minimum atomic E-state index is -0.981. The number of carbonyl (C=O) groups is 2. The van der Waals surface area contributed by atoms with Crippen molar-refractivity contribution in [1.82, 2.24) is 5.32 Å². The number of aliphatic hydroxyl groups is 1. The second-order valence-electron chi connectivity index (χ2n) is 4.08. The average molecular weight is 232 g/mol. The summed E-state index contributed by atoms with van der Waals surface area (Å²) in [6.45, 7) is 3.57. The van der Waals surface area contributed by atoms with Gasteiger partial charge in [0.05, 0.1) is 18.7 Å². The quantitative estimate of drug-likeness (QED) is 0.464. The van der Waals surface area contributed by atoms with Crippen LogP contribution in [0.3, 0.4) is 0 Å². The summed E-state index contributed by atoms with van der Waals surface area (Å²) in [5, 5.41) is 20.0. The molecule has 5 N–H and O–H groups in total. The van der Waals surface area contributed by atoms with Crippen molar-refractivity contribution >= 4 is 11.9 Å². The molecule has 0 radical (unpaired) electrons. The normalized spacial score (nSPS) is 14.6. The molecule has 2 atom stereocenters. The first-order chi connectivity index (χ1) is 7.38.